The van der Waals surface area contributed by atoms with Crippen LogP contribution < -0.4 is 10.6 Å². The molecule has 6 heteroatoms. The highest BCUT2D eigenvalue weighted by Crippen LogP contribution is 2.50. The van der Waals surface area contributed by atoms with E-state index in [1.54, 1.807) is 0 Å². The molecule has 2 saturated carbocycles. The third kappa shape index (κ3) is 3.57. The summed E-state index contributed by atoms with van der Waals surface area (Å²) in [5.74, 6) is 0.230. The van der Waals surface area contributed by atoms with Crippen molar-refractivity contribution in [1.82, 2.24) is 15.1 Å². The minimum atomic E-state index is -0.639. The van der Waals surface area contributed by atoms with Gasteiger partial charge in [0.1, 0.15) is 0 Å². The summed E-state index contributed by atoms with van der Waals surface area (Å²) in [4.78, 5) is 23.9. The van der Waals surface area contributed by atoms with Crippen LogP contribution >= 0.6 is 0 Å². The van der Waals surface area contributed by atoms with E-state index in [0.29, 0.717) is 29.6 Å². The fourth-order valence-electron chi connectivity index (χ4n) is 3.54. The molecule has 0 bridgehead atoms. The molecule has 0 saturated heterocycles. The standard InChI is InChI=1S/C17H26N4O2/c1-17(2)9-12(17)10-18-15(22)16(23)19-14-8-13(21(3)20-14)11-6-4-5-7-11/h8,11-12H,4-7,9-10H2,1-3H3,(H,18,22)(H,19,20,23). The van der Waals surface area contributed by atoms with Gasteiger partial charge in [-0.15, -0.1) is 0 Å². The van der Waals surface area contributed by atoms with Crippen LogP contribution in [-0.4, -0.2) is 28.1 Å². The lowest BCUT2D eigenvalue weighted by Crippen LogP contribution is -2.37. The van der Waals surface area contributed by atoms with Crippen LogP contribution in [0.1, 0.15) is 57.6 Å². The smallest absolute Gasteiger partial charge is 0.314 e. The summed E-state index contributed by atoms with van der Waals surface area (Å²) in [5, 5.41) is 9.63. The average molecular weight is 318 g/mol. The Bertz CT molecular complexity index is 614. The van der Waals surface area contributed by atoms with E-state index in [2.05, 4.69) is 29.6 Å². The zero-order valence-electron chi connectivity index (χ0n) is 14.2. The molecule has 1 aromatic heterocycles. The second-order valence-electron chi connectivity index (χ2n) is 7.61. The molecule has 2 fully saturated rings. The molecule has 1 aromatic rings. The van der Waals surface area contributed by atoms with Crippen LogP contribution in [0, 0.1) is 11.3 Å². The summed E-state index contributed by atoms with van der Waals surface area (Å²) in [6.07, 6.45) is 5.93. The third-order valence-electron chi connectivity index (χ3n) is 5.36. The van der Waals surface area contributed by atoms with Gasteiger partial charge in [0.05, 0.1) is 0 Å². The van der Waals surface area contributed by atoms with E-state index in [1.807, 2.05) is 17.8 Å². The predicted molar refractivity (Wildman–Crippen MR) is 87.9 cm³/mol. The summed E-state index contributed by atoms with van der Waals surface area (Å²) in [6, 6.07) is 1.89. The maximum atomic E-state index is 12.0. The molecule has 1 heterocycles. The molecule has 2 aliphatic carbocycles. The Labute approximate surface area is 137 Å². The van der Waals surface area contributed by atoms with Gasteiger partial charge in [0.15, 0.2) is 5.82 Å². The number of carbonyl (C=O) groups is 2. The SMILES string of the molecule is Cn1nc(NC(=O)C(=O)NCC2CC2(C)C)cc1C1CCCC1. The van der Waals surface area contributed by atoms with E-state index in [0.717, 1.165) is 12.1 Å². The number of aryl methyl sites for hydroxylation is 1. The summed E-state index contributed by atoms with van der Waals surface area (Å²) >= 11 is 0. The van der Waals surface area contributed by atoms with Gasteiger partial charge >= 0.3 is 11.8 Å². The van der Waals surface area contributed by atoms with Crippen molar-refractivity contribution < 1.29 is 9.59 Å². The molecule has 2 N–H and O–H groups in total. The lowest BCUT2D eigenvalue weighted by atomic mass is 10.0. The van der Waals surface area contributed by atoms with Gasteiger partial charge in [-0.05, 0) is 30.6 Å². The topological polar surface area (TPSA) is 76.0 Å². The van der Waals surface area contributed by atoms with Crippen LogP contribution in [-0.2, 0) is 16.6 Å². The first-order valence-electron chi connectivity index (χ1n) is 8.50. The molecule has 0 aliphatic heterocycles. The minimum Gasteiger partial charge on any atom is -0.348 e. The Hall–Kier alpha value is -1.85. The lowest BCUT2D eigenvalue weighted by Gasteiger charge is -2.07. The monoisotopic (exact) mass is 318 g/mol. The van der Waals surface area contributed by atoms with Crippen molar-refractivity contribution in [2.24, 2.45) is 18.4 Å². The highest BCUT2D eigenvalue weighted by molar-refractivity contribution is 6.39. The van der Waals surface area contributed by atoms with Gasteiger partial charge in [0.2, 0.25) is 0 Å². The molecule has 0 radical (unpaired) electrons. The van der Waals surface area contributed by atoms with Gasteiger partial charge in [-0.1, -0.05) is 26.7 Å². The second kappa shape index (κ2) is 5.98. The maximum absolute atomic E-state index is 12.0. The molecule has 126 valence electrons. The van der Waals surface area contributed by atoms with Crippen LogP contribution in [0.2, 0.25) is 0 Å². The Kier molecular flexibility index (Phi) is 4.17. The Balaban J connectivity index is 1.53. The molecular weight excluding hydrogens is 292 g/mol. The van der Waals surface area contributed by atoms with E-state index >= 15 is 0 Å². The van der Waals surface area contributed by atoms with Crippen LogP contribution in [0.15, 0.2) is 6.07 Å². The molecule has 1 atom stereocenters. The molecule has 0 aromatic carbocycles. The van der Waals surface area contributed by atoms with Crippen molar-refractivity contribution in [2.75, 3.05) is 11.9 Å². The Morgan fingerprint density at radius 1 is 1.30 bits per heavy atom. The zero-order valence-corrected chi connectivity index (χ0v) is 14.2. The minimum absolute atomic E-state index is 0.293. The van der Waals surface area contributed by atoms with E-state index in [9.17, 15) is 9.59 Å². The summed E-state index contributed by atoms with van der Waals surface area (Å²) < 4.78 is 1.82. The van der Waals surface area contributed by atoms with Crippen LogP contribution in [0.4, 0.5) is 5.82 Å². The van der Waals surface area contributed by atoms with Gasteiger partial charge < -0.3 is 10.6 Å². The fraction of sp³-hybridized carbons (Fsp3) is 0.706. The lowest BCUT2D eigenvalue weighted by molar-refractivity contribution is -0.136. The molecule has 3 rings (SSSR count). The zero-order chi connectivity index (χ0) is 16.6. The van der Waals surface area contributed by atoms with Crippen molar-refractivity contribution in [3.63, 3.8) is 0 Å². The van der Waals surface area contributed by atoms with Crippen molar-refractivity contribution in [3.05, 3.63) is 11.8 Å². The van der Waals surface area contributed by atoms with E-state index in [4.69, 9.17) is 0 Å². The molecule has 23 heavy (non-hydrogen) atoms. The van der Waals surface area contributed by atoms with E-state index < -0.39 is 11.8 Å². The van der Waals surface area contributed by atoms with Crippen molar-refractivity contribution >= 4 is 17.6 Å². The highest BCUT2D eigenvalue weighted by atomic mass is 16.2. The average Bonchev–Trinajstić information content (AvgIpc) is 2.91. The summed E-state index contributed by atoms with van der Waals surface area (Å²) in [5.41, 5.74) is 1.43. The van der Waals surface area contributed by atoms with Gasteiger partial charge in [-0.2, -0.15) is 5.10 Å². The number of amides is 2. The second-order valence-corrected chi connectivity index (χ2v) is 7.61. The molecule has 0 spiro atoms. The molecule has 2 aliphatic rings. The van der Waals surface area contributed by atoms with Crippen molar-refractivity contribution in [3.8, 4) is 0 Å². The molecular formula is C17H26N4O2. The van der Waals surface area contributed by atoms with Crippen molar-refractivity contribution in [2.45, 2.75) is 51.9 Å². The first-order chi connectivity index (χ1) is 10.9. The first-order valence-corrected chi connectivity index (χ1v) is 8.50. The number of nitrogens with zero attached hydrogens (tertiary/aromatic N) is 2. The van der Waals surface area contributed by atoms with Gasteiger partial charge in [-0.3, -0.25) is 14.3 Å². The number of nitrogens with one attached hydrogen (secondary N) is 2. The van der Waals surface area contributed by atoms with E-state index in [-0.39, 0.29) is 0 Å². The van der Waals surface area contributed by atoms with Crippen LogP contribution in [0.5, 0.6) is 0 Å². The number of hydrogen-bond donors (Lipinski definition) is 2. The Morgan fingerprint density at radius 3 is 2.57 bits per heavy atom. The van der Waals surface area contributed by atoms with Gasteiger partial charge in [-0.25, -0.2) is 0 Å². The predicted octanol–water partition coefficient (Wildman–Crippen LogP) is 2.18. The van der Waals surface area contributed by atoms with Crippen LogP contribution in [0.3, 0.4) is 0 Å². The van der Waals surface area contributed by atoms with Gasteiger partial charge in [0.25, 0.3) is 0 Å². The normalized spacial score (nSPS) is 22.8. The molecule has 2 amide bonds. The number of rotatable bonds is 4. The first kappa shape index (κ1) is 16.0. The summed E-state index contributed by atoms with van der Waals surface area (Å²) in [7, 11) is 1.89. The largest absolute Gasteiger partial charge is 0.348 e. The molecule has 1 unspecified atom stereocenters. The Morgan fingerprint density at radius 2 is 1.96 bits per heavy atom. The number of anilines is 1. The van der Waals surface area contributed by atoms with Crippen LogP contribution in [0.25, 0.3) is 0 Å². The van der Waals surface area contributed by atoms with Gasteiger partial charge in [0, 0.05) is 31.3 Å². The molecule has 6 nitrogen and oxygen atoms in total. The fourth-order valence-corrected chi connectivity index (χ4v) is 3.54. The number of hydrogen-bond acceptors (Lipinski definition) is 3. The third-order valence-corrected chi connectivity index (χ3v) is 5.36. The number of aromatic nitrogens is 2. The maximum Gasteiger partial charge on any atom is 0.314 e. The highest BCUT2D eigenvalue weighted by Gasteiger charge is 2.45. The summed E-state index contributed by atoms with van der Waals surface area (Å²) in [6.45, 7) is 4.90. The quantitative estimate of drug-likeness (QED) is 0.836. The van der Waals surface area contributed by atoms with Crippen molar-refractivity contribution in [1.29, 1.82) is 0 Å². The number of carbonyl (C=O) groups excluding carboxylic acids is 2. The van der Waals surface area contributed by atoms with E-state index in [1.165, 1.54) is 25.7 Å².